The minimum absolute atomic E-state index is 0.0898. The molecule has 1 atom stereocenters. The monoisotopic (exact) mass is 354 g/mol. The van der Waals surface area contributed by atoms with Crippen LogP contribution in [0.25, 0.3) is 0 Å². The lowest BCUT2D eigenvalue weighted by atomic mass is 9.64. The average molecular weight is 354 g/mol. The summed E-state index contributed by atoms with van der Waals surface area (Å²) in [6, 6.07) is 0. The lowest BCUT2D eigenvalue weighted by molar-refractivity contribution is -0.164. The molecule has 0 bridgehead atoms. The summed E-state index contributed by atoms with van der Waals surface area (Å²) in [7, 11) is 1.54. The molecule has 134 valence electrons. The Morgan fingerprint density at radius 3 is 2.54 bits per heavy atom. The van der Waals surface area contributed by atoms with Crippen LogP contribution in [-0.2, 0) is 19.1 Å². The lowest BCUT2D eigenvalue weighted by Gasteiger charge is -2.44. The van der Waals surface area contributed by atoms with E-state index in [0.29, 0.717) is 0 Å². The van der Waals surface area contributed by atoms with Gasteiger partial charge >= 0.3 is 5.97 Å². The molecule has 24 heavy (non-hydrogen) atoms. The van der Waals surface area contributed by atoms with Crippen molar-refractivity contribution in [2.75, 3.05) is 13.7 Å². The van der Waals surface area contributed by atoms with E-state index >= 15 is 0 Å². The van der Waals surface area contributed by atoms with Crippen LogP contribution in [-0.4, -0.2) is 41.5 Å². The quantitative estimate of drug-likeness (QED) is 0.464. The summed E-state index contributed by atoms with van der Waals surface area (Å²) < 4.78 is 5.26. The number of thiocarbonyl (C=S) groups is 1. The smallest absolute Gasteiger partial charge is 0.307 e. The fourth-order valence-electron chi connectivity index (χ4n) is 3.58. The molecule has 1 unspecified atom stereocenters. The van der Waals surface area contributed by atoms with Gasteiger partial charge in [0.15, 0.2) is 5.11 Å². The molecule has 1 aliphatic carbocycles. The van der Waals surface area contributed by atoms with Gasteiger partial charge in [0.1, 0.15) is 5.41 Å². The summed E-state index contributed by atoms with van der Waals surface area (Å²) in [5, 5.41) is 2.70. The summed E-state index contributed by atoms with van der Waals surface area (Å²) in [5.74, 6) is -1.30. The third kappa shape index (κ3) is 3.61. The number of nitrogens with zero attached hydrogens (tertiary/aromatic N) is 1. The van der Waals surface area contributed by atoms with Gasteiger partial charge in [-0.05, 0) is 36.9 Å². The highest BCUT2D eigenvalue weighted by Gasteiger charge is 2.57. The molecule has 2 fully saturated rings. The van der Waals surface area contributed by atoms with Gasteiger partial charge in [-0.2, -0.15) is 0 Å². The van der Waals surface area contributed by atoms with E-state index in [1.165, 1.54) is 4.90 Å². The molecule has 7 heteroatoms. The van der Waals surface area contributed by atoms with E-state index in [1.54, 1.807) is 7.05 Å². The Morgan fingerprint density at radius 2 is 1.96 bits per heavy atom. The van der Waals surface area contributed by atoms with Crippen molar-refractivity contribution >= 4 is 35.1 Å². The van der Waals surface area contributed by atoms with Crippen molar-refractivity contribution in [1.29, 1.82) is 0 Å². The van der Waals surface area contributed by atoms with Gasteiger partial charge in [-0.3, -0.25) is 19.3 Å². The van der Waals surface area contributed by atoms with Crippen molar-refractivity contribution in [3.63, 3.8) is 0 Å². The van der Waals surface area contributed by atoms with E-state index in [9.17, 15) is 14.4 Å². The molecule has 0 aromatic carbocycles. The topological polar surface area (TPSA) is 75.7 Å². The van der Waals surface area contributed by atoms with E-state index in [1.807, 2.05) is 13.8 Å². The number of nitrogens with one attached hydrogen (secondary N) is 1. The number of hydrogen-bond donors (Lipinski definition) is 1. The third-order valence-corrected chi connectivity index (χ3v) is 5.30. The first-order valence-electron chi connectivity index (χ1n) is 8.58. The van der Waals surface area contributed by atoms with Crippen LogP contribution in [0.3, 0.4) is 0 Å². The molecule has 1 saturated heterocycles. The van der Waals surface area contributed by atoms with Crippen molar-refractivity contribution in [1.82, 2.24) is 10.2 Å². The molecular weight excluding hydrogens is 328 g/mol. The van der Waals surface area contributed by atoms with Crippen LogP contribution < -0.4 is 5.32 Å². The number of carbonyl (C=O) groups excluding carboxylic acids is 3. The summed E-state index contributed by atoms with van der Waals surface area (Å²) >= 11 is 5.04. The third-order valence-electron chi connectivity index (χ3n) is 4.92. The second-order valence-corrected chi connectivity index (χ2v) is 7.57. The summed E-state index contributed by atoms with van der Waals surface area (Å²) in [4.78, 5) is 39.4. The van der Waals surface area contributed by atoms with Crippen LogP contribution >= 0.6 is 12.2 Å². The fraction of sp³-hybridized carbons (Fsp3) is 0.765. The van der Waals surface area contributed by atoms with Crippen LogP contribution in [0.15, 0.2) is 0 Å². The van der Waals surface area contributed by atoms with Crippen LogP contribution in [0.4, 0.5) is 0 Å². The highest BCUT2D eigenvalue weighted by molar-refractivity contribution is 7.80. The van der Waals surface area contributed by atoms with Crippen molar-refractivity contribution < 1.29 is 19.1 Å². The number of hydrogen-bond acceptors (Lipinski definition) is 5. The van der Waals surface area contributed by atoms with Gasteiger partial charge in [0.2, 0.25) is 11.8 Å². The number of esters is 1. The molecule has 1 aliphatic heterocycles. The molecule has 0 radical (unpaired) electrons. The molecule has 2 amide bonds. The number of ether oxygens (including phenoxy) is 1. The molecule has 1 N–H and O–H groups in total. The van der Waals surface area contributed by atoms with Gasteiger partial charge < -0.3 is 10.1 Å². The lowest BCUT2D eigenvalue weighted by Crippen LogP contribution is -2.65. The summed E-state index contributed by atoms with van der Waals surface area (Å²) in [6.45, 7) is 4.16. The van der Waals surface area contributed by atoms with Crippen LogP contribution in [0.5, 0.6) is 0 Å². The molecule has 2 aliphatic rings. The Morgan fingerprint density at radius 1 is 1.33 bits per heavy atom. The van der Waals surface area contributed by atoms with Gasteiger partial charge in [-0.15, -0.1) is 0 Å². The van der Waals surface area contributed by atoms with Crippen molar-refractivity contribution in [3.05, 3.63) is 0 Å². The SMILES string of the molecule is CC(C)COC(=O)CC1(C2CCCCC2)C(=O)NC(=S)N(C)C1=O. The summed E-state index contributed by atoms with van der Waals surface area (Å²) in [5.41, 5.74) is -1.40. The van der Waals surface area contributed by atoms with E-state index in [-0.39, 0.29) is 35.9 Å². The minimum Gasteiger partial charge on any atom is -0.465 e. The highest BCUT2D eigenvalue weighted by Crippen LogP contribution is 2.44. The van der Waals surface area contributed by atoms with Gasteiger partial charge in [0.25, 0.3) is 0 Å². The van der Waals surface area contributed by atoms with E-state index < -0.39 is 17.3 Å². The molecule has 1 heterocycles. The first kappa shape index (κ1) is 18.8. The number of carbonyl (C=O) groups is 3. The number of rotatable bonds is 5. The zero-order valence-corrected chi connectivity index (χ0v) is 15.4. The van der Waals surface area contributed by atoms with Gasteiger partial charge in [0.05, 0.1) is 13.0 Å². The molecular formula is C17H26N2O4S. The first-order chi connectivity index (χ1) is 11.3. The Hall–Kier alpha value is -1.50. The minimum atomic E-state index is -1.40. The number of amides is 2. The van der Waals surface area contributed by atoms with Crippen LogP contribution in [0.2, 0.25) is 0 Å². The molecule has 0 aromatic heterocycles. The van der Waals surface area contributed by atoms with E-state index in [2.05, 4.69) is 5.32 Å². The predicted molar refractivity (Wildman–Crippen MR) is 92.9 cm³/mol. The molecule has 0 spiro atoms. The zero-order chi connectivity index (χ0) is 17.9. The Balaban J connectivity index is 2.30. The standard InChI is InChI=1S/C17H26N2O4S/c1-11(2)10-23-13(20)9-17(12-7-5-4-6-8-12)14(21)18-16(24)19(3)15(17)22/h11-12H,4-10H2,1-3H3,(H,18,21,24). The van der Waals surface area contributed by atoms with E-state index in [4.69, 9.17) is 17.0 Å². The van der Waals surface area contributed by atoms with Gasteiger partial charge in [-0.25, -0.2) is 0 Å². The largest absolute Gasteiger partial charge is 0.465 e. The fourth-order valence-corrected chi connectivity index (χ4v) is 3.75. The second kappa shape index (κ2) is 7.59. The molecule has 2 rings (SSSR count). The molecule has 0 aromatic rings. The predicted octanol–water partition coefficient (Wildman–Crippen LogP) is 2.02. The maximum Gasteiger partial charge on any atom is 0.307 e. The normalized spacial score (nSPS) is 25.8. The Kier molecular flexibility index (Phi) is 5.96. The zero-order valence-electron chi connectivity index (χ0n) is 14.6. The average Bonchev–Trinajstić information content (AvgIpc) is 2.56. The maximum atomic E-state index is 13.0. The van der Waals surface area contributed by atoms with Crippen LogP contribution in [0.1, 0.15) is 52.4 Å². The maximum absolute atomic E-state index is 13.0. The molecule has 6 nitrogen and oxygen atoms in total. The van der Waals surface area contributed by atoms with E-state index in [0.717, 1.165) is 32.1 Å². The molecule has 1 saturated carbocycles. The first-order valence-corrected chi connectivity index (χ1v) is 8.99. The Bertz CT molecular complexity index is 543. The van der Waals surface area contributed by atoms with Gasteiger partial charge in [0, 0.05) is 7.05 Å². The highest BCUT2D eigenvalue weighted by atomic mass is 32.1. The van der Waals surface area contributed by atoms with Gasteiger partial charge in [-0.1, -0.05) is 33.1 Å². The second-order valence-electron chi connectivity index (χ2n) is 7.18. The van der Waals surface area contributed by atoms with Crippen molar-refractivity contribution in [3.8, 4) is 0 Å². The van der Waals surface area contributed by atoms with Crippen molar-refractivity contribution in [2.45, 2.75) is 52.4 Å². The Labute approximate surface area is 148 Å². The van der Waals surface area contributed by atoms with Crippen LogP contribution in [0, 0.1) is 17.3 Å². The summed E-state index contributed by atoms with van der Waals surface area (Å²) in [6.07, 6.45) is 4.31. The van der Waals surface area contributed by atoms with Crippen molar-refractivity contribution in [2.24, 2.45) is 17.3 Å².